The summed E-state index contributed by atoms with van der Waals surface area (Å²) in [5, 5.41) is 0. The van der Waals surface area contributed by atoms with Gasteiger partial charge in [0, 0.05) is 5.54 Å². The van der Waals surface area contributed by atoms with Gasteiger partial charge in [0.05, 0.1) is 0 Å². The van der Waals surface area contributed by atoms with Crippen molar-refractivity contribution in [3.63, 3.8) is 0 Å². The third kappa shape index (κ3) is 1.01. The van der Waals surface area contributed by atoms with Crippen molar-refractivity contribution in [3.8, 4) is 0 Å². The van der Waals surface area contributed by atoms with E-state index in [0.29, 0.717) is 5.92 Å². The monoisotopic (exact) mass is 153 g/mol. The fourth-order valence-electron chi connectivity index (χ4n) is 2.43. The number of hydrogen-bond donors (Lipinski definition) is 1. The van der Waals surface area contributed by atoms with Gasteiger partial charge in [-0.05, 0) is 24.2 Å². The van der Waals surface area contributed by atoms with Crippen molar-refractivity contribution in [1.29, 1.82) is 0 Å². The first kappa shape index (κ1) is 7.60. The lowest BCUT2D eigenvalue weighted by Gasteiger charge is -2.28. The molecular formula is C10H19N. The van der Waals surface area contributed by atoms with Crippen LogP contribution in [0.25, 0.3) is 0 Å². The molecule has 0 radical (unpaired) electrons. The minimum absolute atomic E-state index is 0.241. The summed E-state index contributed by atoms with van der Waals surface area (Å²) in [6.07, 6.45) is 5.66. The number of hydrogen-bond acceptors (Lipinski definition) is 1. The van der Waals surface area contributed by atoms with E-state index >= 15 is 0 Å². The van der Waals surface area contributed by atoms with E-state index in [1.165, 1.54) is 25.7 Å². The largest absolute Gasteiger partial charge is 0.325 e. The van der Waals surface area contributed by atoms with Crippen molar-refractivity contribution in [3.05, 3.63) is 0 Å². The maximum atomic E-state index is 6.24. The summed E-state index contributed by atoms with van der Waals surface area (Å²) < 4.78 is 0. The van der Waals surface area contributed by atoms with Crippen LogP contribution in [0.2, 0.25) is 0 Å². The van der Waals surface area contributed by atoms with E-state index < -0.39 is 0 Å². The van der Waals surface area contributed by atoms with Crippen LogP contribution in [0, 0.1) is 17.8 Å². The van der Waals surface area contributed by atoms with Crippen LogP contribution in [0.5, 0.6) is 0 Å². The highest BCUT2D eigenvalue weighted by molar-refractivity contribution is 5.12. The maximum Gasteiger partial charge on any atom is 0.0212 e. The summed E-state index contributed by atoms with van der Waals surface area (Å²) in [5.41, 5.74) is 6.49. The van der Waals surface area contributed by atoms with E-state index in [1.54, 1.807) is 0 Å². The van der Waals surface area contributed by atoms with Crippen LogP contribution in [-0.4, -0.2) is 5.54 Å². The molecule has 2 saturated carbocycles. The zero-order valence-electron chi connectivity index (χ0n) is 7.64. The summed E-state index contributed by atoms with van der Waals surface area (Å²) in [6, 6.07) is 0. The van der Waals surface area contributed by atoms with Crippen molar-refractivity contribution in [2.45, 2.75) is 45.1 Å². The normalized spacial score (nSPS) is 44.2. The molecule has 2 N–H and O–H groups in total. The molecule has 0 aromatic heterocycles. The molecule has 0 aliphatic heterocycles. The molecular weight excluding hydrogens is 134 g/mol. The zero-order chi connectivity index (χ0) is 8.06. The van der Waals surface area contributed by atoms with Crippen molar-refractivity contribution >= 4 is 0 Å². The molecule has 0 heterocycles. The van der Waals surface area contributed by atoms with Gasteiger partial charge >= 0.3 is 0 Å². The predicted octanol–water partition coefficient (Wildman–Crippen LogP) is 2.16. The Kier molecular flexibility index (Phi) is 1.54. The third-order valence-corrected chi connectivity index (χ3v) is 3.90. The average Bonchev–Trinajstić information content (AvgIpc) is 2.39. The Morgan fingerprint density at radius 2 is 2.00 bits per heavy atom. The van der Waals surface area contributed by atoms with Gasteiger partial charge in [0.15, 0.2) is 0 Å². The minimum Gasteiger partial charge on any atom is -0.325 e. The van der Waals surface area contributed by atoms with Gasteiger partial charge in [0.1, 0.15) is 0 Å². The van der Waals surface area contributed by atoms with Crippen molar-refractivity contribution in [2.75, 3.05) is 0 Å². The molecule has 0 aromatic carbocycles. The Balaban J connectivity index is 1.92. The van der Waals surface area contributed by atoms with Gasteiger partial charge in [-0.2, -0.15) is 0 Å². The summed E-state index contributed by atoms with van der Waals surface area (Å²) in [5.74, 6) is 2.58. The van der Waals surface area contributed by atoms with E-state index in [4.69, 9.17) is 5.73 Å². The molecule has 1 nitrogen and oxygen atoms in total. The first-order valence-corrected chi connectivity index (χ1v) is 4.93. The molecule has 2 atom stereocenters. The molecule has 2 rings (SSSR count). The summed E-state index contributed by atoms with van der Waals surface area (Å²) in [6.45, 7) is 4.53. The Morgan fingerprint density at radius 1 is 1.36 bits per heavy atom. The average molecular weight is 153 g/mol. The lowest BCUT2D eigenvalue weighted by molar-refractivity contribution is 0.243. The van der Waals surface area contributed by atoms with Crippen LogP contribution in [0.15, 0.2) is 0 Å². The topological polar surface area (TPSA) is 26.0 Å². The molecule has 0 spiro atoms. The van der Waals surface area contributed by atoms with E-state index in [2.05, 4.69) is 13.8 Å². The van der Waals surface area contributed by atoms with Gasteiger partial charge in [-0.25, -0.2) is 0 Å². The number of nitrogens with two attached hydrogens (primary N) is 1. The van der Waals surface area contributed by atoms with Crippen molar-refractivity contribution in [2.24, 2.45) is 23.5 Å². The Hall–Kier alpha value is -0.0400. The maximum absolute atomic E-state index is 6.24. The fraction of sp³-hybridized carbons (Fsp3) is 1.00. The molecule has 2 fully saturated rings. The van der Waals surface area contributed by atoms with Crippen LogP contribution in [-0.2, 0) is 0 Å². The zero-order valence-corrected chi connectivity index (χ0v) is 7.64. The summed E-state index contributed by atoms with van der Waals surface area (Å²) in [7, 11) is 0. The van der Waals surface area contributed by atoms with E-state index in [1.807, 2.05) is 0 Å². The quantitative estimate of drug-likeness (QED) is 0.646. The Bertz CT molecular complexity index is 160. The highest BCUT2D eigenvalue weighted by Gasteiger charge is 2.56. The summed E-state index contributed by atoms with van der Waals surface area (Å²) in [4.78, 5) is 0. The van der Waals surface area contributed by atoms with Crippen molar-refractivity contribution < 1.29 is 0 Å². The molecule has 2 aliphatic rings. The number of rotatable bonds is 2. The second-order valence-electron chi connectivity index (χ2n) is 4.77. The Labute approximate surface area is 69.4 Å². The molecule has 0 aromatic rings. The van der Waals surface area contributed by atoms with Crippen LogP contribution in [0.1, 0.15) is 39.5 Å². The highest BCUT2D eigenvalue weighted by atomic mass is 14.9. The summed E-state index contributed by atoms with van der Waals surface area (Å²) >= 11 is 0. The van der Waals surface area contributed by atoms with Crippen LogP contribution in [0.3, 0.4) is 0 Å². The molecule has 1 heteroatoms. The second-order valence-corrected chi connectivity index (χ2v) is 4.77. The fourth-order valence-corrected chi connectivity index (χ4v) is 2.43. The predicted molar refractivity (Wildman–Crippen MR) is 47.2 cm³/mol. The lowest BCUT2D eigenvalue weighted by Crippen LogP contribution is -2.34. The first-order valence-electron chi connectivity index (χ1n) is 4.93. The SMILES string of the molecule is CC(C)C1(N)CC1C1CCC1. The van der Waals surface area contributed by atoms with Crippen molar-refractivity contribution in [1.82, 2.24) is 0 Å². The molecule has 2 aliphatic carbocycles. The molecule has 0 saturated heterocycles. The van der Waals surface area contributed by atoms with Crippen LogP contribution in [0.4, 0.5) is 0 Å². The van der Waals surface area contributed by atoms with Gasteiger partial charge in [0.25, 0.3) is 0 Å². The van der Waals surface area contributed by atoms with E-state index in [-0.39, 0.29) is 5.54 Å². The minimum atomic E-state index is 0.241. The van der Waals surface area contributed by atoms with Crippen LogP contribution < -0.4 is 5.73 Å². The van der Waals surface area contributed by atoms with E-state index in [0.717, 1.165) is 11.8 Å². The van der Waals surface area contributed by atoms with Gasteiger partial charge < -0.3 is 5.73 Å². The van der Waals surface area contributed by atoms with Gasteiger partial charge in [-0.3, -0.25) is 0 Å². The highest BCUT2D eigenvalue weighted by Crippen LogP contribution is 2.56. The molecule has 0 amide bonds. The van der Waals surface area contributed by atoms with Gasteiger partial charge in [-0.15, -0.1) is 0 Å². The lowest BCUT2D eigenvalue weighted by atomic mass is 9.79. The molecule has 64 valence electrons. The second kappa shape index (κ2) is 2.22. The van der Waals surface area contributed by atoms with Crippen LogP contribution >= 0.6 is 0 Å². The first-order chi connectivity index (χ1) is 5.14. The standard InChI is InChI=1S/C10H19N/c1-7(2)10(11)6-9(10)8-4-3-5-8/h7-9H,3-6,11H2,1-2H3. The smallest absolute Gasteiger partial charge is 0.0212 e. The molecule has 2 unspecified atom stereocenters. The Morgan fingerprint density at radius 3 is 2.27 bits per heavy atom. The van der Waals surface area contributed by atoms with Gasteiger partial charge in [0.2, 0.25) is 0 Å². The molecule has 0 bridgehead atoms. The molecule has 11 heavy (non-hydrogen) atoms. The van der Waals surface area contributed by atoms with Gasteiger partial charge in [-0.1, -0.05) is 33.1 Å². The third-order valence-electron chi connectivity index (χ3n) is 3.90. The van der Waals surface area contributed by atoms with E-state index in [9.17, 15) is 0 Å².